The molecule has 0 heterocycles. The fourth-order valence-corrected chi connectivity index (χ4v) is 14.6. The van der Waals surface area contributed by atoms with Crippen LogP contribution < -0.4 is 0 Å². The van der Waals surface area contributed by atoms with Crippen LogP contribution in [0.3, 0.4) is 0 Å². The number of hydrogen-bond donors (Lipinski definition) is 3. The zero-order valence-corrected chi connectivity index (χ0v) is 69.6. The summed E-state index contributed by atoms with van der Waals surface area (Å²) in [4.78, 5) is 73.0. The molecule has 0 aliphatic carbocycles. The summed E-state index contributed by atoms with van der Waals surface area (Å²) in [7, 11) is -9.92. The van der Waals surface area contributed by atoms with Gasteiger partial charge in [-0.1, -0.05) is 389 Å². The van der Waals surface area contributed by atoms with E-state index < -0.39 is 97.5 Å². The third kappa shape index (κ3) is 76.6. The molecule has 19 heteroatoms. The van der Waals surface area contributed by atoms with Crippen molar-refractivity contribution in [1.29, 1.82) is 0 Å². The summed E-state index contributed by atoms with van der Waals surface area (Å²) in [5, 5.41) is 10.6. The molecule has 3 unspecified atom stereocenters. The standard InChI is InChI=1S/C84H164O17P2/c1-8-10-11-12-13-14-37-44-51-58-65-81(86)94-72-80(101-84(89)68-61-54-47-40-42-49-56-63-76(5)6)74-99-103(92,93)97-70-78(85)69-96-102(90,91)98-73-79(71-95-82(87)66-59-52-45-38-33-29-25-21-17-15-19-23-27-31-35-41-48-55-62-75(3)4)100-83(88)67-60-53-46-39-34-30-26-22-18-16-20-24-28-32-36-43-50-57-64-77(7)9-2/h75-80,85H,8-74H2,1-7H3,(H,90,91)(H,92,93)/t77?,78-,79-,80-/m1/s1. The maximum absolute atomic E-state index is 13.1. The Morgan fingerprint density at radius 2 is 0.495 bits per heavy atom. The summed E-state index contributed by atoms with van der Waals surface area (Å²) in [6.07, 6.45) is 64.1. The molecule has 0 aliphatic heterocycles. The number of aliphatic hydroxyl groups is 1. The minimum absolute atomic E-state index is 0.104. The Bertz CT molecular complexity index is 1990. The van der Waals surface area contributed by atoms with Gasteiger partial charge in [0.05, 0.1) is 26.4 Å². The van der Waals surface area contributed by atoms with E-state index in [2.05, 4.69) is 48.5 Å². The second kappa shape index (κ2) is 74.2. The van der Waals surface area contributed by atoms with E-state index in [0.29, 0.717) is 31.6 Å². The molecule has 0 fully saturated rings. The minimum Gasteiger partial charge on any atom is -0.462 e. The highest BCUT2D eigenvalue weighted by Crippen LogP contribution is 2.45. The molecule has 17 nitrogen and oxygen atoms in total. The Morgan fingerprint density at radius 3 is 0.738 bits per heavy atom. The molecule has 0 aromatic carbocycles. The first kappa shape index (κ1) is 101. The molecule has 0 rings (SSSR count). The van der Waals surface area contributed by atoms with Gasteiger partial charge in [-0.25, -0.2) is 9.13 Å². The van der Waals surface area contributed by atoms with E-state index in [1.165, 1.54) is 250 Å². The van der Waals surface area contributed by atoms with Gasteiger partial charge < -0.3 is 33.8 Å². The number of rotatable bonds is 82. The van der Waals surface area contributed by atoms with Crippen LogP contribution in [0.25, 0.3) is 0 Å². The molecular formula is C84H164O17P2. The smallest absolute Gasteiger partial charge is 0.462 e. The van der Waals surface area contributed by atoms with Crippen LogP contribution in [0.4, 0.5) is 0 Å². The Kier molecular flexibility index (Phi) is 72.8. The van der Waals surface area contributed by atoms with Crippen LogP contribution in [0.5, 0.6) is 0 Å². The van der Waals surface area contributed by atoms with Gasteiger partial charge in [0.15, 0.2) is 12.2 Å². The highest BCUT2D eigenvalue weighted by Gasteiger charge is 2.30. The fraction of sp³-hybridized carbons (Fsp3) is 0.952. The number of phosphoric acid groups is 2. The number of aliphatic hydroxyl groups excluding tert-OH is 1. The van der Waals surface area contributed by atoms with Crippen molar-refractivity contribution in [2.45, 2.75) is 458 Å². The maximum Gasteiger partial charge on any atom is 0.472 e. The number of hydrogen-bond acceptors (Lipinski definition) is 15. The molecule has 0 amide bonds. The first-order valence-corrected chi connectivity index (χ1v) is 46.4. The van der Waals surface area contributed by atoms with E-state index >= 15 is 0 Å². The second-order valence-electron chi connectivity index (χ2n) is 31.4. The Morgan fingerprint density at radius 1 is 0.282 bits per heavy atom. The fourth-order valence-electron chi connectivity index (χ4n) is 13.0. The second-order valence-corrected chi connectivity index (χ2v) is 34.3. The molecule has 0 saturated carbocycles. The van der Waals surface area contributed by atoms with Crippen LogP contribution in [-0.2, 0) is 65.4 Å². The number of unbranched alkanes of at least 4 members (excludes halogenated alkanes) is 49. The summed E-state index contributed by atoms with van der Waals surface area (Å²) in [6, 6.07) is 0. The van der Waals surface area contributed by atoms with Gasteiger partial charge in [-0.05, 0) is 43.4 Å². The van der Waals surface area contributed by atoms with Crippen molar-refractivity contribution in [3.8, 4) is 0 Å². The van der Waals surface area contributed by atoms with E-state index in [4.69, 9.17) is 37.0 Å². The lowest BCUT2D eigenvalue weighted by molar-refractivity contribution is -0.161. The average Bonchev–Trinajstić information content (AvgIpc) is 0.928. The number of phosphoric ester groups is 2. The topological polar surface area (TPSA) is 237 Å². The predicted octanol–water partition coefficient (Wildman–Crippen LogP) is 25.3. The van der Waals surface area contributed by atoms with Gasteiger partial charge in [0, 0.05) is 25.7 Å². The van der Waals surface area contributed by atoms with Crippen LogP contribution in [0.15, 0.2) is 0 Å². The van der Waals surface area contributed by atoms with Crippen molar-refractivity contribution in [2.75, 3.05) is 39.6 Å². The molecule has 612 valence electrons. The summed E-state index contributed by atoms with van der Waals surface area (Å²) in [5.41, 5.74) is 0. The number of carbonyl (C=O) groups is 4. The summed E-state index contributed by atoms with van der Waals surface area (Å²) < 4.78 is 68.7. The molecule has 6 atom stereocenters. The van der Waals surface area contributed by atoms with Crippen LogP contribution >= 0.6 is 15.6 Å². The Labute approximate surface area is 632 Å². The van der Waals surface area contributed by atoms with Crippen LogP contribution in [0.2, 0.25) is 0 Å². The monoisotopic (exact) mass is 1510 g/mol. The lowest BCUT2D eigenvalue weighted by Gasteiger charge is -2.21. The van der Waals surface area contributed by atoms with Gasteiger partial charge in [0.25, 0.3) is 0 Å². The molecule has 0 radical (unpaired) electrons. The quantitative estimate of drug-likeness (QED) is 0.0222. The molecule has 0 bridgehead atoms. The molecule has 0 aliphatic rings. The summed E-state index contributed by atoms with van der Waals surface area (Å²) >= 11 is 0. The summed E-state index contributed by atoms with van der Waals surface area (Å²) in [5.74, 6) is 0.279. The van der Waals surface area contributed by atoms with Gasteiger partial charge in [0.2, 0.25) is 0 Å². The zero-order valence-electron chi connectivity index (χ0n) is 67.8. The van der Waals surface area contributed by atoms with Gasteiger partial charge in [-0.2, -0.15) is 0 Å². The highest BCUT2D eigenvalue weighted by atomic mass is 31.2. The van der Waals surface area contributed by atoms with E-state index in [-0.39, 0.29) is 25.7 Å². The Balaban J connectivity index is 5.17. The average molecular weight is 1510 g/mol. The molecule has 0 aromatic heterocycles. The molecule has 0 spiro atoms. The SMILES string of the molecule is CCCCCCCCCCCCC(=O)OC[C@H](COP(=O)(O)OC[C@H](O)COP(=O)(O)OC[C@@H](COC(=O)CCCCCCCCCCCCCCCCCCCCC(C)C)OC(=O)CCCCCCCCCCCCCCCCCCCCC(C)CC)OC(=O)CCCCCCCCCC(C)C. The predicted molar refractivity (Wildman–Crippen MR) is 423 cm³/mol. The van der Waals surface area contributed by atoms with Crippen molar-refractivity contribution in [2.24, 2.45) is 17.8 Å². The van der Waals surface area contributed by atoms with Gasteiger partial charge in [-0.3, -0.25) is 37.3 Å². The van der Waals surface area contributed by atoms with Gasteiger partial charge in [-0.15, -0.1) is 0 Å². The molecule has 0 saturated heterocycles. The van der Waals surface area contributed by atoms with Crippen molar-refractivity contribution in [1.82, 2.24) is 0 Å². The Hall–Kier alpha value is -1.94. The van der Waals surface area contributed by atoms with Crippen molar-refractivity contribution >= 4 is 39.5 Å². The van der Waals surface area contributed by atoms with Crippen LogP contribution in [-0.4, -0.2) is 96.7 Å². The lowest BCUT2D eigenvalue weighted by atomic mass is 9.99. The number of carbonyl (C=O) groups excluding carboxylic acids is 4. The van der Waals surface area contributed by atoms with E-state index in [0.717, 1.165) is 102 Å². The molecule has 0 aromatic rings. The van der Waals surface area contributed by atoms with Crippen molar-refractivity contribution in [3.63, 3.8) is 0 Å². The minimum atomic E-state index is -4.96. The lowest BCUT2D eigenvalue weighted by Crippen LogP contribution is -2.30. The number of esters is 4. The first-order valence-electron chi connectivity index (χ1n) is 43.4. The van der Waals surface area contributed by atoms with E-state index in [9.17, 15) is 43.2 Å². The van der Waals surface area contributed by atoms with Gasteiger partial charge in [0.1, 0.15) is 19.3 Å². The zero-order chi connectivity index (χ0) is 75.8. The normalized spacial score (nSPS) is 14.2. The van der Waals surface area contributed by atoms with Crippen LogP contribution in [0, 0.1) is 17.8 Å². The molecule has 3 N–H and O–H groups in total. The third-order valence-electron chi connectivity index (χ3n) is 20.0. The third-order valence-corrected chi connectivity index (χ3v) is 21.9. The van der Waals surface area contributed by atoms with Crippen molar-refractivity contribution < 1.29 is 80.2 Å². The highest BCUT2D eigenvalue weighted by molar-refractivity contribution is 7.47. The number of ether oxygens (including phenoxy) is 4. The summed E-state index contributed by atoms with van der Waals surface area (Å²) in [6.45, 7) is 12.0. The largest absolute Gasteiger partial charge is 0.472 e. The van der Waals surface area contributed by atoms with Crippen LogP contribution in [0.1, 0.15) is 440 Å². The van der Waals surface area contributed by atoms with Crippen molar-refractivity contribution in [3.05, 3.63) is 0 Å². The van der Waals surface area contributed by atoms with E-state index in [1.807, 2.05) is 0 Å². The first-order chi connectivity index (χ1) is 49.8. The molecule has 103 heavy (non-hydrogen) atoms. The maximum atomic E-state index is 13.1. The molecular weight excluding hydrogens is 1340 g/mol. The van der Waals surface area contributed by atoms with E-state index in [1.54, 1.807) is 0 Å². The van der Waals surface area contributed by atoms with Gasteiger partial charge >= 0.3 is 39.5 Å².